The summed E-state index contributed by atoms with van der Waals surface area (Å²) in [6.45, 7) is 0. The molecule has 0 aliphatic heterocycles. The van der Waals surface area contributed by atoms with Crippen LogP contribution in [0.25, 0.3) is 78.5 Å². The number of fused-ring (bicyclic) bond motifs is 2. The summed E-state index contributed by atoms with van der Waals surface area (Å²) >= 11 is 0. The van der Waals surface area contributed by atoms with E-state index in [-0.39, 0.29) is 0 Å². The Balaban J connectivity index is 1.07. The fraction of sp³-hybridized carbons (Fsp3) is 0. The molecule has 5 heteroatoms. The molecular weight excluding hydrogens is 587 g/mol. The lowest BCUT2D eigenvalue weighted by Gasteiger charge is -2.11. The van der Waals surface area contributed by atoms with Gasteiger partial charge in [-0.1, -0.05) is 103 Å². The van der Waals surface area contributed by atoms with E-state index in [9.17, 15) is 0 Å². The molecule has 3 heterocycles. The van der Waals surface area contributed by atoms with Crippen LogP contribution < -0.4 is 0 Å². The smallest absolute Gasteiger partial charge is 0.164 e. The summed E-state index contributed by atoms with van der Waals surface area (Å²) in [7, 11) is 0. The molecule has 0 radical (unpaired) electrons. The van der Waals surface area contributed by atoms with Crippen molar-refractivity contribution in [2.45, 2.75) is 0 Å². The Kier molecular flexibility index (Phi) is 6.72. The van der Waals surface area contributed by atoms with Crippen LogP contribution in [-0.4, -0.2) is 24.1 Å². The summed E-state index contributed by atoms with van der Waals surface area (Å²) in [4.78, 5) is 14.6. The van der Waals surface area contributed by atoms with Crippen LogP contribution in [0.15, 0.2) is 176 Å². The van der Waals surface area contributed by atoms with E-state index in [2.05, 4.69) is 125 Å². The Hall–Kier alpha value is -6.59. The molecule has 0 bridgehead atoms. The predicted octanol–water partition coefficient (Wildman–Crippen LogP) is 10.4. The van der Waals surface area contributed by atoms with Gasteiger partial charge in [-0.3, -0.25) is 0 Å². The van der Waals surface area contributed by atoms with Crippen molar-refractivity contribution >= 4 is 21.8 Å². The first-order valence-corrected chi connectivity index (χ1v) is 16.0. The highest BCUT2D eigenvalue weighted by Gasteiger charge is 2.13. The Morgan fingerprint density at radius 3 is 1.48 bits per heavy atom. The summed E-state index contributed by atoms with van der Waals surface area (Å²) in [5.74, 6) is 1.95. The van der Waals surface area contributed by atoms with Crippen molar-refractivity contribution in [2.75, 3.05) is 0 Å². The molecule has 0 atom stereocenters. The summed E-state index contributed by atoms with van der Waals surface area (Å²) in [6, 6.07) is 56.8. The minimum absolute atomic E-state index is 0.643. The van der Waals surface area contributed by atoms with E-state index in [0.29, 0.717) is 17.5 Å². The van der Waals surface area contributed by atoms with Crippen LogP contribution >= 0.6 is 0 Å². The van der Waals surface area contributed by atoms with Gasteiger partial charge in [0.1, 0.15) is 0 Å². The lowest BCUT2D eigenvalue weighted by atomic mass is 10.0. The Morgan fingerprint density at radius 2 is 0.812 bits per heavy atom. The van der Waals surface area contributed by atoms with Gasteiger partial charge in [0.25, 0.3) is 0 Å². The third-order valence-corrected chi connectivity index (χ3v) is 8.85. The van der Waals surface area contributed by atoms with Gasteiger partial charge in [0.05, 0.1) is 11.0 Å². The zero-order valence-corrected chi connectivity index (χ0v) is 26.0. The Morgan fingerprint density at radius 1 is 0.312 bits per heavy atom. The molecule has 5 nitrogen and oxygen atoms in total. The summed E-state index contributed by atoms with van der Waals surface area (Å²) in [6.07, 6.45) is 4.28. The third kappa shape index (κ3) is 5.04. The second-order valence-electron chi connectivity index (χ2n) is 11.8. The average Bonchev–Trinajstić information content (AvgIpc) is 3.80. The molecule has 0 saturated carbocycles. The predicted molar refractivity (Wildman–Crippen MR) is 195 cm³/mol. The first kappa shape index (κ1) is 27.7. The van der Waals surface area contributed by atoms with Gasteiger partial charge in [-0.05, 0) is 82.6 Å². The van der Waals surface area contributed by atoms with Crippen molar-refractivity contribution in [3.05, 3.63) is 176 Å². The molecule has 0 amide bonds. The number of hydrogen-bond acceptors (Lipinski definition) is 3. The standard InChI is InChI=1S/C43H29N5/c1-3-11-32(12-4-1)41-44-42(33-13-5-2-6-14-33)46-43(45-41)34-20-22-37(23-21-34)47-26-25-31-18-19-36(29-40(31)47)35-15-9-16-38(28-35)48-27-24-30-10-7-8-17-39(30)48/h1-29H. The van der Waals surface area contributed by atoms with Gasteiger partial charge in [0.2, 0.25) is 0 Å². The largest absolute Gasteiger partial charge is 0.317 e. The number of benzene rings is 6. The Bertz CT molecular complexity index is 2490. The Labute approximate surface area is 278 Å². The SMILES string of the molecule is c1ccc(-c2nc(-c3ccccc3)nc(-c3ccc(-n4ccc5ccc(-c6cccc(-n7ccc8ccccc87)c6)cc54)cc3)n2)cc1. The zero-order valence-electron chi connectivity index (χ0n) is 26.0. The molecule has 9 aromatic rings. The number of hydrogen-bond donors (Lipinski definition) is 0. The minimum Gasteiger partial charge on any atom is -0.317 e. The van der Waals surface area contributed by atoms with E-state index in [1.54, 1.807) is 0 Å². The molecule has 0 unspecified atom stereocenters. The topological polar surface area (TPSA) is 48.5 Å². The van der Waals surface area contributed by atoms with Crippen LogP contribution in [0.5, 0.6) is 0 Å². The van der Waals surface area contributed by atoms with Crippen LogP contribution in [0.1, 0.15) is 0 Å². The maximum Gasteiger partial charge on any atom is 0.164 e. The van der Waals surface area contributed by atoms with E-state index in [1.807, 2.05) is 60.7 Å². The van der Waals surface area contributed by atoms with E-state index < -0.39 is 0 Å². The van der Waals surface area contributed by atoms with Crippen molar-refractivity contribution in [3.63, 3.8) is 0 Å². The van der Waals surface area contributed by atoms with Crippen LogP contribution in [0.4, 0.5) is 0 Å². The number of nitrogens with zero attached hydrogens (tertiary/aromatic N) is 5. The summed E-state index contributed by atoms with van der Waals surface area (Å²) in [5.41, 5.74) is 9.75. The maximum absolute atomic E-state index is 4.90. The van der Waals surface area contributed by atoms with Gasteiger partial charge in [-0.15, -0.1) is 0 Å². The number of rotatable bonds is 6. The van der Waals surface area contributed by atoms with E-state index in [4.69, 9.17) is 15.0 Å². The normalized spacial score (nSPS) is 11.3. The number of aromatic nitrogens is 5. The molecule has 3 aromatic heterocycles. The highest BCUT2D eigenvalue weighted by atomic mass is 15.0. The van der Waals surface area contributed by atoms with Gasteiger partial charge in [0.15, 0.2) is 17.5 Å². The van der Waals surface area contributed by atoms with E-state index in [1.165, 1.54) is 27.4 Å². The first-order valence-electron chi connectivity index (χ1n) is 16.0. The van der Waals surface area contributed by atoms with Gasteiger partial charge in [-0.25, -0.2) is 15.0 Å². The molecule has 0 saturated heterocycles. The highest BCUT2D eigenvalue weighted by Crippen LogP contribution is 2.31. The maximum atomic E-state index is 4.90. The molecule has 0 N–H and O–H groups in total. The first-order chi connectivity index (χ1) is 23.8. The fourth-order valence-electron chi connectivity index (χ4n) is 6.39. The monoisotopic (exact) mass is 615 g/mol. The highest BCUT2D eigenvalue weighted by molar-refractivity contribution is 5.88. The third-order valence-electron chi connectivity index (χ3n) is 8.85. The molecule has 226 valence electrons. The van der Waals surface area contributed by atoms with Gasteiger partial charge < -0.3 is 9.13 Å². The van der Waals surface area contributed by atoms with Crippen molar-refractivity contribution in [1.82, 2.24) is 24.1 Å². The second kappa shape index (κ2) is 11.6. The van der Waals surface area contributed by atoms with Gasteiger partial charge >= 0.3 is 0 Å². The molecule has 48 heavy (non-hydrogen) atoms. The lowest BCUT2D eigenvalue weighted by molar-refractivity contribution is 1.07. The van der Waals surface area contributed by atoms with Crippen molar-refractivity contribution in [2.24, 2.45) is 0 Å². The number of para-hydroxylation sites is 1. The minimum atomic E-state index is 0.643. The van der Waals surface area contributed by atoms with Crippen LogP contribution in [0.3, 0.4) is 0 Å². The molecule has 0 aliphatic rings. The summed E-state index contributed by atoms with van der Waals surface area (Å²) in [5, 5.41) is 2.42. The van der Waals surface area contributed by atoms with Crippen molar-refractivity contribution < 1.29 is 0 Å². The molecule has 0 fully saturated rings. The average molecular weight is 616 g/mol. The molecule has 0 aliphatic carbocycles. The van der Waals surface area contributed by atoms with Gasteiger partial charge in [-0.2, -0.15) is 0 Å². The lowest BCUT2D eigenvalue weighted by Crippen LogP contribution is -2.00. The molecule has 0 spiro atoms. The van der Waals surface area contributed by atoms with Gasteiger partial charge in [0, 0.05) is 40.5 Å². The van der Waals surface area contributed by atoms with Crippen LogP contribution in [0, 0.1) is 0 Å². The second-order valence-corrected chi connectivity index (χ2v) is 11.8. The van der Waals surface area contributed by atoms with Crippen molar-refractivity contribution in [1.29, 1.82) is 0 Å². The van der Waals surface area contributed by atoms with Crippen molar-refractivity contribution in [3.8, 4) is 56.7 Å². The fourth-order valence-corrected chi connectivity index (χ4v) is 6.39. The van der Waals surface area contributed by atoms with E-state index in [0.717, 1.165) is 33.6 Å². The zero-order chi connectivity index (χ0) is 31.9. The summed E-state index contributed by atoms with van der Waals surface area (Å²) < 4.78 is 4.49. The quantitative estimate of drug-likeness (QED) is 0.187. The molecule has 6 aromatic carbocycles. The van der Waals surface area contributed by atoms with Crippen LogP contribution in [-0.2, 0) is 0 Å². The molecule has 9 rings (SSSR count). The molecular formula is C43H29N5. The van der Waals surface area contributed by atoms with Crippen LogP contribution in [0.2, 0.25) is 0 Å². The van der Waals surface area contributed by atoms with E-state index >= 15 is 0 Å².